The maximum Gasteiger partial charge on any atom is 0.466 e. The number of terminal acetylenes is 1. The van der Waals surface area contributed by atoms with Gasteiger partial charge in [-0.15, -0.1) is 6.42 Å². The number of fused-ring (bicyclic) bond motifs is 1. The Hall–Kier alpha value is -1.77. The molecule has 2 aromatic rings. The van der Waals surface area contributed by atoms with Crippen LogP contribution in [0.15, 0.2) is 18.6 Å². The molecule has 0 unspecified atom stereocenters. The van der Waals surface area contributed by atoms with Crippen molar-refractivity contribution in [3.63, 3.8) is 0 Å². The van der Waals surface area contributed by atoms with Gasteiger partial charge in [-0.05, 0) is 13.0 Å². The van der Waals surface area contributed by atoms with E-state index >= 15 is 0 Å². The molecule has 0 aromatic carbocycles. The molecule has 3 heterocycles. The minimum atomic E-state index is -4.64. The largest absolute Gasteiger partial charge is 0.466 e. The van der Waals surface area contributed by atoms with Crippen LogP contribution in [0.1, 0.15) is 19.6 Å². The third kappa shape index (κ3) is 13.8. The molecule has 34 heavy (non-hydrogen) atoms. The molecular weight excluding hydrogens is 529 g/mol. The van der Waals surface area contributed by atoms with Crippen LogP contribution in [-0.4, -0.2) is 75.4 Å². The van der Waals surface area contributed by atoms with E-state index in [1.807, 2.05) is 16.8 Å². The summed E-state index contributed by atoms with van der Waals surface area (Å²) in [4.78, 5) is 72.8. The van der Waals surface area contributed by atoms with Crippen molar-refractivity contribution in [2.24, 2.45) is 0 Å². The van der Waals surface area contributed by atoms with E-state index in [2.05, 4.69) is 15.9 Å². The Kier molecular flexibility index (Phi) is 11.6. The van der Waals surface area contributed by atoms with Crippen molar-refractivity contribution in [3.05, 3.63) is 18.6 Å². The van der Waals surface area contributed by atoms with Crippen LogP contribution < -0.4 is 5.73 Å². The summed E-state index contributed by atoms with van der Waals surface area (Å²) in [6, 6.07) is 1.83. The lowest BCUT2D eigenvalue weighted by Crippen LogP contribution is -2.33. The highest BCUT2D eigenvalue weighted by atomic mass is 31.2. The third-order valence-electron chi connectivity index (χ3n) is 3.58. The van der Waals surface area contributed by atoms with Crippen molar-refractivity contribution < 1.29 is 67.6 Å². The molecule has 0 saturated carbocycles. The molecule has 194 valence electrons. The highest BCUT2D eigenvalue weighted by Gasteiger charge is 2.44. The fourth-order valence-electron chi connectivity index (χ4n) is 2.35. The Morgan fingerprint density at radius 1 is 1.06 bits per heavy atom. The first-order valence-corrected chi connectivity index (χ1v) is 13.0. The van der Waals surface area contributed by atoms with E-state index in [9.17, 15) is 5.11 Å². The van der Waals surface area contributed by atoms with Gasteiger partial charge in [-0.1, -0.05) is 5.92 Å². The van der Waals surface area contributed by atoms with Gasteiger partial charge in [0.25, 0.3) is 0 Å². The van der Waals surface area contributed by atoms with Crippen LogP contribution in [0, 0.1) is 12.3 Å². The molecule has 1 aliphatic rings. The molecule has 3 rings (SSSR count). The van der Waals surface area contributed by atoms with Crippen LogP contribution in [0.2, 0.25) is 0 Å². The maximum absolute atomic E-state index is 10.0. The third-order valence-corrected chi connectivity index (χ3v) is 3.58. The lowest BCUT2D eigenvalue weighted by atomic mass is 10.0. The van der Waals surface area contributed by atoms with Crippen molar-refractivity contribution in [2.45, 2.75) is 31.3 Å². The summed E-state index contributed by atoms with van der Waals surface area (Å²) < 4.78 is 34.2. The van der Waals surface area contributed by atoms with Gasteiger partial charge in [-0.2, -0.15) is 0 Å². The zero-order chi connectivity index (χ0) is 27.1. The lowest BCUT2D eigenvalue weighted by Gasteiger charge is -2.21. The summed E-state index contributed by atoms with van der Waals surface area (Å²) >= 11 is 0. The number of phosphoric acid groups is 3. The quantitative estimate of drug-likeness (QED) is 0.133. The number of hydrogen-bond donors (Lipinski definition) is 11. The minimum absolute atomic E-state index is 0.358. The van der Waals surface area contributed by atoms with E-state index in [1.165, 1.54) is 6.33 Å². The number of aromatic nitrogens is 3. The van der Waals surface area contributed by atoms with Crippen LogP contribution >= 0.6 is 23.5 Å². The van der Waals surface area contributed by atoms with E-state index in [4.69, 9.17) is 74.6 Å². The van der Waals surface area contributed by atoms with Crippen LogP contribution in [0.5, 0.6) is 0 Å². The topological polar surface area (TPSA) is 319 Å². The van der Waals surface area contributed by atoms with Crippen LogP contribution in [0.25, 0.3) is 11.0 Å². The first-order valence-electron chi connectivity index (χ1n) is 8.30. The predicted octanol–water partition coefficient (Wildman–Crippen LogP) is -2.10. The summed E-state index contributed by atoms with van der Waals surface area (Å²) in [6.45, 7) is 1.70. The van der Waals surface area contributed by atoms with Crippen LogP contribution in [0.4, 0.5) is 5.82 Å². The molecule has 18 nitrogen and oxygen atoms in total. The highest BCUT2D eigenvalue weighted by molar-refractivity contribution is 7.45. The standard InChI is InChI=1S/C13H14N4O2.3H3O4P/c1-3-13(2)9(18)6-10(19-13)17-5-4-8-11(14)15-7-16-12(8)17;3*1-5(2,3)4/h1,4-5,7,9-10,18H,6H2,2H3,(H2,14,15,16);3*(H3,1,2,3,4)/t9-,10+,13+;;;/m0.../s1. The zero-order valence-corrected chi connectivity index (χ0v) is 19.7. The van der Waals surface area contributed by atoms with Gasteiger partial charge >= 0.3 is 23.5 Å². The SMILES string of the molecule is C#C[C@@]1(C)O[C@@H](n2ccc3c(N)ncnc32)C[C@@H]1O.O=P(O)(O)O.O=P(O)(O)O.O=P(O)(O)O. The normalized spacial score (nSPS) is 22.3. The molecule has 0 amide bonds. The van der Waals surface area contributed by atoms with Gasteiger partial charge in [-0.3, -0.25) is 0 Å². The van der Waals surface area contributed by atoms with E-state index < -0.39 is 35.2 Å². The maximum atomic E-state index is 10.0. The Labute approximate surface area is 191 Å². The Bertz CT molecular complexity index is 1060. The monoisotopic (exact) mass is 552 g/mol. The number of ether oxygens (including phenoxy) is 1. The van der Waals surface area contributed by atoms with E-state index in [0.717, 1.165) is 5.39 Å². The van der Waals surface area contributed by atoms with Gasteiger partial charge in [0.1, 0.15) is 24.0 Å². The second-order valence-corrected chi connectivity index (χ2v) is 9.41. The van der Waals surface area contributed by atoms with Gasteiger partial charge in [-0.25, -0.2) is 23.7 Å². The summed E-state index contributed by atoms with van der Waals surface area (Å²) in [5.41, 5.74) is 5.49. The number of nitrogens with zero attached hydrogens (tertiary/aromatic N) is 3. The second-order valence-electron chi connectivity index (χ2n) is 6.33. The zero-order valence-electron chi connectivity index (χ0n) is 17.0. The molecule has 12 N–H and O–H groups in total. The molecule has 0 bridgehead atoms. The molecule has 1 fully saturated rings. The van der Waals surface area contributed by atoms with Crippen molar-refractivity contribution in [1.29, 1.82) is 0 Å². The number of nitrogen functional groups attached to an aromatic ring is 1. The van der Waals surface area contributed by atoms with Gasteiger partial charge in [0.05, 0.1) is 11.5 Å². The molecule has 0 aliphatic carbocycles. The summed E-state index contributed by atoms with van der Waals surface area (Å²) in [7, 11) is -13.9. The summed E-state index contributed by atoms with van der Waals surface area (Å²) in [5.74, 6) is 2.92. The number of anilines is 1. The predicted molar refractivity (Wildman–Crippen MR) is 113 cm³/mol. The van der Waals surface area contributed by atoms with Crippen molar-refractivity contribution in [3.8, 4) is 12.3 Å². The van der Waals surface area contributed by atoms with E-state index in [-0.39, 0.29) is 6.23 Å². The average Bonchev–Trinajstić information content (AvgIpc) is 3.13. The number of rotatable bonds is 1. The summed E-state index contributed by atoms with van der Waals surface area (Å²) in [6.07, 6.45) is 7.98. The molecule has 0 spiro atoms. The fraction of sp³-hybridized carbons (Fsp3) is 0.385. The van der Waals surface area contributed by atoms with Gasteiger partial charge in [0.2, 0.25) is 0 Å². The number of aliphatic hydroxyl groups is 1. The molecule has 3 atom stereocenters. The van der Waals surface area contributed by atoms with Gasteiger partial charge in [0, 0.05) is 12.6 Å². The molecule has 1 saturated heterocycles. The van der Waals surface area contributed by atoms with Crippen molar-refractivity contribution >= 4 is 40.3 Å². The first kappa shape index (κ1) is 32.2. The van der Waals surface area contributed by atoms with Crippen molar-refractivity contribution in [1.82, 2.24) is 14.5 Å². The molecule has 0 radical (unpaired) electrons. The van der Waals surface area contributed by atoms with Gasteiger partial charge < -0.3 is 64.2 Å². The smallest absolute Gasteiger partial charge is 0.389 e. The molecule has 1 aliphatic heterocycles. The molecule has 21 heteroatoms. The first-order chi connectivity index (χ1) is 15.0. The Morgan fingerprint density at radius 2 is 1.50 bits per heavy atom. The van der Waals surface area contributed by atoms with E-state index in [1.54, 1.807) is 6.92 Å². The minimum Gasteiger partial charge on any atom is -0.389 e. The highest BCUT2D eigenvalue weighted by Crippen LogP contribution is 2.37. The Balaban J connectivity index is 0.000000599. The number of hydrogen-bond acceptors (Lipinski definition) is 8. The van der Waals surface area contributed by atoms with Gasteiger partial charge in [0.15, 0.2) is 5.60 Å². The number of aliphatic hydroxyl groups excluding tert-OH is 1. The second kappa shape index (κ2) is 12.3. The average molecular weight is 552 g/mol. The number of nitrogens with two attached hydrogens (primary N) is 1. The molecule has 2 aromatic heterocycles. The van der Waals surface area contributed by atoms with Crippen LogP contribution in [0.3, 0.4) is 0 Å². The summed E-state index contributed by atoms with van der Waals surface area (Å²) in [5, 5.41) is 10.8. The Morgan fingerprint density at radius 3 is 1.88 bits per heavy atom. The van der Waals surface area contributed by atoms with E-state index in [0.29, 0.717) is 17.9 Å². The lowest BCUT2D eigenvalue weighted by molar-refractivity contribution is -0.0511. The van der Waals surface area contributed by atoms with Crippen LogP contribution in [-0.2, 0) is 18.4 Å². The fourth-order valence-corrected chi connectivity index (χ4v) is 2.35. The van der Waals surface area contributed by atoms with Crippen molar-refractivity contribution in [2.75, 3.05) is 5.73 Å². The molecular formula is C13H23N4O14P3.